The molecule has 0 radical (unpaired) electrons. The van der Waals surface area contributed by atoms with E-state index in [-0.39, 0.29) is 35.9 Å². The Hall–Kier alpha value is -2.26. The number of nitrogens with zero attached hydrogens (tertiary/aromatic N) is 2. The van der Waals surface area contributed by atoms with Crippen molar-refractivity contribution in [3.8, 4) is 0 Å². The smallest absolute Gasteiger partial charge is 0.436 e. The van der Waals surface area contributed by atoms with Gasteiger partial charge in [0.25, 0.3) is 6.47 Å². The highest BCUT2D eigenvalue weighted by Crippen LogP contribution is 2.66. The Morgan fingerprint density at radius 2 is 1.98 bits per heavy atom. The number of aliphatic hydroxyl groups excluding tert-OH is 1. The summed E-state index contributed by atoms with van der Waals surface area (Å²) in [4.78, 5) is 42.8. The van der Waals surface area contributed by atoms with Crippen LogP contribution in [0.3, 0.4) is 0 Å². The molecule has 0 aromatic rings. The molecule has 0 spiro atoms. The lowest BCUT2D eigenvalue weighted by Crippen LogP contribution is -2.51. The number of amides is 1. The number of aliphatic hydroxyl groups is 1. The second kappa shape index (κ2) is 11.9. The van der Waals surface area contributed by atoms with E-state index in [1.165, 1.54) is 29.7 Å². The van der Waals surface area contributed by atoms with Gasteiger partial charge < -0.3 is 20.1 Å². The van der Waals surface area contributed by atoms with Gasteiger partial charge in [-0.05, 0) is 106 Å². The second-order valence-electron chi connectivity index (χ2n) is 13.4. The minimum atomic E-state index is -0.559. The highest BCUT2D eigenvalue weighted by Gasteiger charge is 2.59. The first kappa shape index (κ1) is 29.2. The van der Waals surface area contributed by atoms with Crippen molar-refractivity contribution in [3.63, 3.8) is 0 Å². The topological polar surface area (TPSA) is 118 Å². The molecule has 1 aliphatic heterocycles. The number of ketones is 1. The molecule has 8 atom stereocenters. The monoisotopic (exact) mass is 557 g/mol. The van der Waals surface area contributed by atoms with E-state index in [9.17, 15) is 19.5 Å². The molecule has 1 amide bonds. The predicted octanol–water partition coefficient (Wildman–Crippen LogP) is 4.23. The number of hydrogen-bond donors (Lipinski definition) is 2. The van der Waals surface area contributed by atoms with Crippen LogP contribution in [0.1, 0.15) is 85.0 Å². The van der Waals surface area contributed by atoms with Crippen molar-refractivity contribution in [3.05, 3.63) is 11.6 Å². The molecule has 0 aromatic carbocycles. The number of nitrogens with one attached hydrogen (secondary N) is 1. The molecule has 4 aliphatic carbocycles. The van der Waals surface area contributed by atoms with Crippen LogP contribution in [0, 0.1) is 34.5 Å². The third-order valence-electron chi connectivity index (χ3n) is 11.6. The first-order valence-electron chi connectivity index (χ1n) is 15.4. The molecule has 0 aromatic heterocycles. The largest absolute Gasteiger partial charge is 0.466 e. The van der Waals surface area contributed by atoms with Gasteiger partial charge in [-0.25, -0.2) is 4.79 Å². The van der Waals surface area contributed by atoms with Crippen molar-refractivity contribution >= 4 is 24.1 Å². The fourth-order valence-electron chi connectivity index (χ4n) is 9.33. The highest BCUT2D eigenvalue weighted by molar-refractivity contribution is 5.91. The summed E-state index contributed by atoms with van der Waals surface area (Å²) in [6, 6.07) is -0.0688. The van der Waals surface area contributed by atoms with Gasteiger partial charge in [0.15, 0.2) is 5.78 Å². The van der Waals surface area contributed by atoms with Gasteiger partial charge in [-0.1, -0.05) is 24.6 Å². The molecule has 1 heterocycles. The van der Waals surface area contributed by atoms with E-state index in [0.29, 0.717) is 55.8 Å². The normalized spacial score (nSPS) is 39.0. The van der Waals surface area contributed by atoms with Crippen molar-refractivity contribution in [1.29, 1.82) is 0 Å². The second-order valence-corrected chi connectivity index (χ2v) is 13.4. The van der Waals surface area contributed by atoms with E-state index in [0.717, 1.165) is 37.9 Å². The van der Waals surface area contributed by atoms with Crippen molar-refractivity contribution in [1.82, 2.24) is 10.2 Å². The molecule has 2 N–H and O–H groups in total. The summed E-state index contributed by atoms with van der Waals surface area (Å²) in [5.41, 5.74) is 2.56. The maximum absolute atomic E-state index is 13.0. The van der Waals surface area contributed by atoms with Crippen LogP contribution >= 0.6 is 0 Å². The van der Waals surface area contributed by atoms with E-state index >= 15 is 0 Å². The summed E-state index contributed by atoms with van der Waals surface area (Å²) >= 11 is 0. The molecule has 9 heteroatoms. The zero-order valence-electron chi connectivity index (χ0n) is 24.4. The third-order valence-corrected chi connectivity index (χ3v) is 11.6. The van der Waals surface area contributed by atoms with E-state index in [4.69, 9.17) is 9.57 Å². The molecular formula is C31H47N3O6. The molecule has 5 aliphatic rings. The highest BCUT2D eigenvalue weighted by atomic mass is 16.7. The summed E-state index contributed by atoms with van der Waals surface area (Å²) in [6.07, 6.45) is 10.7. The Morgan fingerprint density at radius 1 is 1.15 bits per heavy atom. The quantitative estimate of drug-likeness (QED) is 0.143. The molecule has 4 fully saturated rings. The van der Waals surface area contributed by atoms with Crippen molar-refractivity contribution in [2.24, 2.45) is 39.7 Å². The van der Waals surface area contributed by atoms with Crippen molar-refractivity contribution in [2.45, 2.75) is 97.1 Å². The van der Waals surface area contributed by atoms with Crippen LogP contribution in [-0.4, -0.2) is 72.5 Å². The van der Waals surface area contributed by atoms with Gasteiger partial charge in [0, 0.05) is 24.9 Å². The molecule has 0 bridgehead atoms. The van der Waals surface area contributed by atoms with Crippen LogP contribution in [0.4, 0.5) is 4.79 Å². The average molecular weight is 558 g/mol. The van der Waals surface area contributed by atoms with Gasteiger partial charge in [-0.15, -0.1) is 0 Å². The van der Waals surface area contributed by atoms with Gasteiger partial charge in [-0.2, -0.15) is 0 Å². The fraction of sp³-hybridized carbons (Fsp3) is 0.806. The summed E-state index contributed by atoms with van der Waals surface area (Å²) in [6.45, 7) is 8.62. The van der Waals surface area contributed by atoms with E-state index in [1.54, 1.807) is 0 Å². The lowest BCUT2D eigenvalue weighted by atomic mass is 9.46. The SMILES string of the molecule is C/C(=N\OC(=O)N(CCOC=O)CCC1NCCC1O)[C@H]1CC[C@H]2[C@@H]3CCC4=CC(=O)CC[C@]4(C)[C@H]3CC[C@]12C. The van der Waals surface area contributed by atoms with Crippen LogP contribution in [0.5, 0.6) is 0 Å². The van der Waals surface area contributed by atoms with Crippen molar-refractivity contribution < 1.29 is 29.1 Å². The molecular weight excluding hydrogens is 510 g/mol. The van der Waals surface area contributed by atoms with E-state index in [1.807, 2.05) is 13.0 Å². The van der Waals surface area contributed by atoms with Gasteiger partial charge in [-0.3, -0.25) is 14.4 Å². The predicted molar refractivity (Wildman–Crippen MR) is 150 cm³/mol. The van der Waals surface area contributed by atoms with E-state index in [2.05, 4.69) is 24.3 Å². The number of carbonyl (C=O) groups is 3. The fourth-order valence-corrected chi connectivity index (χ4v) is 9.33. The first-order chi connectivity index (χ1) is 19.2. The Balaban J connectivity index is 1.23. The lowest BCUT2D eigenvalue weighted by molar-refractivity contribution is -0.129. The summed E-state index contributed by atoms with van der Waals surface area (Å²) in [5.74, 6) is 2.50. The zero-order chi connectivity index (χ0) is 28.5. The number of allylic oxidation sites excluding steroid dienone is 1. The van der Waals surface area contributed by atoms with Crippen molar-refractivity contribution in [2.75, 3.05) is 26.2 Å². The van der Waals surface area contributed by atoms with Crippen LogP contribution < -0.4 is 5.32 Å². The number of rotatable bonds is 9. The zero-order valence-corrected chi connectivity index (χ0v) is 24.4. The molecule has 2 unspecified atom stereocenters. The molecule has 3 saturated carbocycles. The molecule has 40 heavy (non-hydrogen) atoms. The van der Waals surface area contributed by atoms with E-state index < -0.39 is 12.2 Å². The van der Waals surface area contributed by atoms with Crippen LogP contribution in [-0.2, 0) is 19.2 Å². The number of oxime groups is 1. The molecule has 9 nitrogen and oxygen atoms in total. The number of hydrogen-bond acceptors (Lipinski definition) is 8. The van der Waals surface area contributed by atoms with Gasteiger partial charge >= 0.3 is 6.09 Å². The van der Waals surface area contributed by atoms with Crippen LogP contribution in [0.2, 0.25) is 0 Å². The van der Waals surface area contributed by atoms with Gasteiger partial charge in [0.05, 0.1) is 18.4 Å². The van der Waals surface area contributed by atoms with Gasteiger partial charge in [0.1, 0.15) is 6.61 Å². The standard InChI is InChI=1S/C31H47N3O6/c1-20(33-40-29(38)34(16-17-39-19-35)15-11-27-28(37)10-14-32-27)24-6-7-25-23-5-4-21-18-22(36)8-12-30(21,2)26(23)9-13-31(24,25)3/h18-19,23-28,32,37H,4-17H2,1-3H3/b33-20+/t23-,24+,25-,26-,27?,28?,30-,31+/m0/s1. The lowest BCUT2D eigenvalue weighted by Gasteiger charge is -2.58. The molecule has 5 rings (SSSR count). The summed E-state index contributed by atoms with van der Waals surface area (Å²) in [5, 5.41) is 17.8. The maximum Gasteiger partial charge on any atom is 0.436 e. The minimum Gasteiger partial charge on any atom is -0.466 e. The maximum atomic E-state index is 13.0. The first-order valence-corrected chi connectivity index (χ1v) is 15.4. The Labute approximate surface area is 238 Å². The van der Waals surface area contributed by atoms with Crippen LogP contribution in [0.15, 0.2) is 16.8 Å². The third kappa shape index (κ3) is 5.48. The number of carbonyl (C=O) groups excluding carboxylic acids is 3. The Kier molecular flexibility index (Phi) is 8.72. The molecule has 1 saturated heterocycles. The Morgan fingerprint density at radius 3 is 2.73 bits per heavy atom. The number of ether oxygens (including phenoxy) is 1. The summed E-state index contributed by atoms with van der Waals surface area (Å²) < 4.78 is 4.82. The Bertz CT molecular complexity index is 1040. The molecule has 222 valence electrons. The summed E-state index contributed by atoms with van der Waals surface area (Å²) in [7, 11) is 0. The average Bonchev–Trinajstić information content (AvgIpc) is 3.51. The van der Waals surface area contributed by atoms with Crippen LogP contribution in [0.25, 0.3) is 0 Å². The number of fused-ring (bicyclic) bond motifs is 5. The minimum absolute atomic E-state index is 0.0688. The van der Waals surface area contributed by atoms with Gasteiger partial charge in [0.2, 0.25) is 0 Å².